The lowest BCUT2D eigenvalue weighted by Crippen LogP contribution is -2.39. The lowest BCUT2D eigenvalue weighted by molar-refractivity contribution is 0.214. The average molecular weight is 298 g/mol. The predicted molar refractivity (Wildman–Crippen MR) is 79.1 cm³/mol. The zero-order chi connectivity index (χ0) is 13.5. The van der Waals surface area contributed by atoms with Gasteiger partial charge in [0.05, 0.1) is 17.5 Å². The molecule has 0 unspecified atom stereocenters. The quantitative estimate of drug-likeness (QED) is 0.853. The Hall–Kier alpha value is -0.910. The summed E-state index contributed by atoms with van der Waals surface area (Å²) in [6.45, 7) is 2.17. The van der Waals surface area contributed by atoms with Crippen molar-refractivity contribution in [1.82, 2.24) is 9.97 Å². The largest absolute Gasteiger partial charge is 0.394 e. The topological polar surface area (TPSA) is 58.0 Å². The lowest BCUT2D eigenvalue weighted by atomic mass is 9.99. The summed E-state index contributed by atoms with van der Waals surface area (Å²) in [4.78, 5) is 10.6. The van der Waals surface area contributed by atoms with Crippen LogP contribution in [0.3, 0.4) is 0 Å². The molecule has 2 aromatic heterocycles. The number of hydrogen-bond donors (Lipinski definition) is 2. The molecule has 102 valence electrons. The highest BCUT2D eigenvalue weighted by molar-refractivity contribution is 7.18. The van der Waals surface area contributed by atoms with Gasteiger partial charge in [-0.05, 0) is 37.4 Å². The zero-order valence-corrected chi connectivity index (χ0v) is 12.3. The number of aliphatic hydroxyl groups excluding tert-OH is 1. The first-order valence-corrected chi connectivity index (χ1v) is 7.64. The van der Waals surface area contributed by atoms with Gasteiger partial charge in [0.1, 0.15) is 10.6 Å². The summed E-state index contributed by atoms with van der Waals surface area (Å²) in [5.41, 5.74) is -0.250. The molecule has 1 fully saturated rings. The summed E-state index contributed by atoms with van der Waals surface area (Å²) in [6.07, 6.45) is 4.21. The van der Waals surface area contributed by atoms with E-state index < -0.39 is 0 Å². The molecule has 19 heavy (non-hydrogen) atoms. The van der Waals surface area contributed by atoms with Crippen LogP contribution in [0.15, 0.2) is 6.07 Å². The van der Waals surface area contributed by atoms with Gasteiger partial charge in [-0.25, -0.2) is 9.97 Å². The van der Waals surface area contributed by atoms with Gasteiger partial charge in [-0.3, -0.25) is 0 Å². The van der Waals surface area contributed by atoms with Gasteiger partial charge in [-0.1, -0.05) is 12.8 Å². The minimum Gasteiger partial charge on any atom is -0.394 e. The molecule has 2 heterocycles. The first-order chi connectivity index (χ1) is 9.12. The molecule has 3 rings (SSSR count). The average Bonchev–Trinajstić information content (AvgIpc) is 2.96. The second-order valence-electron chi connectivity index (χ2n) is 5.19. The van der Waals surface area contributed by atoms with E-state index in [9.17, 15) is 5.11 Å². The van der Waals surface area contributed by atoms with E-state index in [1.807, 2.05) is 6.92 Å². The number of hydrogen-bond acceptors (Lipinski definition) is 5. The van der Waals surface area contributed by atoms with Crippen LogP contribution in [0.5, 0.6) is 0 Å². The maximum atomic E-state index is 9.69. The second kappa shape index (κ2) is 4.89. The highest BCUT2D eigenvalue weighted by atomic mass is 35.5. The fourth-order valence-electron chi connectivity index (χ4n) is 2.74. The Labute approximate surface area is 120 Å². The molecule has 0 aliphatic heterocycles. The fraction of sp³-hybridized carbons (Fsp3) is 0.538. The van der Waals surface area contributed by atoms with Gasteiger partial charge < -0.3 is 10.4 Å². The van der Waals surface area contributed by atoms with E-state index in [0.29, 0.717) is 0 Å². The number of fused-ring (bicyclic) bond motifs is 1. The van der Waals surface area contributed by atoms with Gasteiger partial charge in [0.2, 0.25) is 5.28 Å². The van der Waals surface area contributed by atoms with E-state index in [0.717, 1.165) is 41.7 Å². The number of nitrogens with zero attached hydrogens (tertiary/aromatic N) is 2. The smallest absolute Gasteiger partial charge is 0.225 e. The number of rotatable bonds is 3. The molecule has 0 radical (unpaired) electrons. The molecule has 0 saturated heterocycles. The SMILES string of the molecule is Cc1cc2c(NC3(CO)CCCC3)nc(Cl)nc2s1. The van der Waals surface area contributed by atoms with E-state index in [1.54, 1.807) is 11.3 Å². The van der Waals surface area contributed by atoms with Crippen molar-refractivity contribution in [3.05, 3.63) is 16.2 Å². The number of halogens is 1. The summed E-state index contributed by atoms with van der Waals surface area (Å²) < 4.78 is 0. The maximum absolute atomic E-state index is 9.69. The fourth-order valence-corrected chi connectivity index (χ4v) is 3.84. The van der Waals surface area contributed by atoms with Gasteiger partial charge in [-0.15, -0.1) is 11.3 Å². The molecule has 1 saturated carbocycles. The van der Waals surface area contributed by atoms with E-state index in [-0.39, 0.29) is 17.4 Å². The van der Waals surface area contributed by atoms with Gasteiger partial charge in [0.15, 0.2) is 0 Å². The van der Waals surface area contributed by atoms with Crippen LogP contribution < -0.4 is 5.32 Å². The molecule has 0 bridgehead atoms. The summed E-state index contributed by atoms with van der Waals surface area (Å²) in [5, 5.41) is 14.4. The third kappa shape index (κ3) is 2.42. The highest BCUT2D eigenvalue weighted by Crippen LogP contribution is 2.36. The third-order valence-corrected chi connectivity index (χ3v) is 4.85. The van der Waals surface area contributed by atoms with E-state index in [1.165, 1.54) is 4.88 Å². The van der Waals surface area contributed by atoms with Gasteiger partial charge in [0.25, 0.3) is 0 Å². The Balaban J connectivity index is 2.04. The van der Waals surface area contributed by atoms with Gasteiger partial charge in [-0.2, -0.15) is 0 Å². The molecule has 1 aliphatic carbocycles. The molecule has 4 nitrogen and oxygen atoms in total. The molecular weight excluding hydrogens is 282 g/mol. The molecule has 1 aliphatic rings. The Morgan fingerprint density at radius 3 is 2.84 bits per heavy atom. The molecule has 0 atom stereocenters. The van der Waals surface area contributed by atoms with Crippen molar-refractivity contribution in [3.8, 4) is 0 Å². The summed E-state index contributed by atoms with van der Waals surface area (Å²) >= 11 is 7.60. The summed E-state index contributed by atoms with van der Waals surface area (Å²) in [7, 11) is 0. The van der Waals surface area contributed by atoms with Gasteiger partial charge >= 0.3 is 0 Å². The summed E-state index contributed by atoms with van der Waals surface area (Å²) in [6, 6.07) is 2.07. The number of aryl methyl sites for hydroxylation is 1. The first kappa shape index (κ1) is 13.1. The third-order valence-electron chi connectivity index (χ3n) is 3.74. The second-order valence-corrected chi connectivity index (χ2v) is 6.76. The normalized spacial score (nSPS) is 18.1. The van der Waals surface area contributed by atoms with Crippen molar-refractivity contribution in [2.24, 2.45) is 0 Å². The number of aromatic nitrogens is 2. The minimum atomic E-state index is -0.250. The Bertz CT molecular complexity index is 607. The predicted octanol–water partition coefficient (Wildman–Crippen LogP) is 3.37. The number of aliphatic hydroxyl groups is 1. The molecule has 0 spiro atoms. The van der Waals surface area contributed by atoms with Crippen LogP contribution in [0.1, 0.15) is 30.6 Å². The van der Waals surface area contributed by atoms with Crippen LogP contribution in [-0.2, 0) is 0 Å². The van der Waals surface area contributed by atoms with E-state index >= 15 is 0 Å². The van der Waals surface area contributed by atoms with Crippen molar-refractivity contribution in [3.63, 3.8) is 0 Å². The minimum absolute atomic E-state index is 0.124. The molecule has 2 aromatic rings. The van der Waals surface area contributed by atoms with E-state index in [4.69, 9.17) is 11.6 Å². The molecule has 6 heteroatoms. The highest BCUT2D eigenvalue weighted by Gasteiger charge is 2.34. The van der Waals surface area contributed by atoms with Crippen molar-refractivity contribution in [1.29, 1.82) is 0 Å². The molecule has 2 N–H and O–H groups in total. The monoisotopic (exact) mass is 297 g/mol. The number of thiophene rings is 1. The Morgan fingerprint density at radius 2 is 2.16 bits per heavy atom. The van der Waals surface area contributed by atoms with E-state index in [2.05, 4.69) is 21.4 Å². The molecular formula is C13H16ClN3OS. The maximum Gasteiger partial charge on any atom is 0.225 e. The van der Waals surface area contributed by atoms with Crippen molar-refractivity contribution >= 4 is 39.0 Å². The van der Waals surface area contributed by atoms with Crippen molar-refractivity contribution < 1.29 is 5.11 Å². The van der Waals surface area contributed by atoms with Crippen molar-refractivity contribution in [2.45, 2.75) is 38.1 Å². The zero-order valence-electron chi connectivity index (χ0n) is 10.7. The molecule has 0 amide bonds. The van der Waals surface area contributed by atoms with Crippen LogP contribution in [0.4, 0.5) is 5.82 Å². The van der Waals surface area contributed by atoms with Crippen LogP contribution >= 0.6 is 22.9 Å². The Morgan fingerprint density at radius 1 is 1.42 bits per heavy atom. The Kier molecular flexibility index (Phi) is 3.37. The van der Waals surface area contributed by atoms with Crippen LogP contribution in [0.2, 0.25) is 5.28 Å². The van der Waals surface area contributed by atoms with Crippen LogP contribution in [0.25, 0.3) is 10.2 Å². The lowest BCUT2D eigenvalue weighted by Gasteiger charge is -2.28. The van der Waals surface area contributed by atoms with Crippen LogP contribution in [0, 0.1) is 6.92 Å². The first-order valence-electron chi connectivity index (χ1n) is 6.45. The number of nitrogens with one attached hydrogen (secondary N) is 1. The van der Waals surface area contributed by atoms with Crippen LogP contribution in [-0.4, -0.2) is 27.2 Å². The molecule has 0 aromatic carbocycles. The van der Waals surface area contributed by atoms with Gasteiger partial charge in [0, 0.05) is 4.88 Å². The summed E-state index contributed by atoms with van der Waals surface area (Å²) in [5.74, 6) is 0.746. The number of anilines is 1. The van der Waals surface area contributed by atoms with Crippen molar-refractivity contribution in [2.75, 3.05) is 11.9 Å². The standard InChI is InChI=1S/C13H16ClN3OS/c1-8-6-9-10(15-12(14)16-11(9)19-8)17-13(7-18)4-2-3-5-13/h6,18H,2-5,7H2,1H3,(H,15,16,17).